The maximum Gasteiger partial charge on any atom is 0.220 e. The summed E-state index contributed by atoms with van der Waals surface area (Å²) in [7, 11) is 1.44. The molecule has 1 amide bonds. The van der Waals surface area contributed by atoms with Crippen LogP contribution in [0.4, 0.5) is 0 Å². The van der Waals surface area contributed by atoms with Gasteiger partial charge >= 0.3 is 0 Å². The number of ether oxygens (including phenoxy) is 1. The number of nitrogens with one attached hydrogen (secondary N) is 1. The van der Waals surface area contributed by atoms with E-state index >= 15 is 0 Å². The van der Waals surface area contributed by atoms with Crippen LogP contribution in [0.25, 0.3) is 0 Å². The number of hydrogen-bond acceptors (Lipinski definition) is 3. The van der Waals surface area contributed by atoms with Crippen molar-refractivity contribution in [1.29, 1.82) is 0 Å². The molecule has 1 aromatic rings. The largest absolute Gasteiger partial charge is 0.504 e. The van der Waals surface area contributed by atoms with Crippen LogP contribution in [-0.4, -0.2) is 18.1 Å². The van der Waals surface area contributed by atoms with E-state index in [0.717, 1.165) is 11.6 Å². The van der Waals surface area contributed by atoms with Gasteiger partial charge in [-0.05, 0) is 42.9 Å². The van der Waals surface area contributed by atoms with E-state index in [-0.39, 0.29) is 24.6 Å². The normalized spacial score (nSPS) is 17.4. The second-order valence-corrected chi connectivity index (χ2v) is 4.84. The number of methoxy groups -OCH3 is 1. The number of hydrogen-bond donors (Lipinski definition) is 2. The maximum absolute atomic E-state index is 11.9. The molecule has 0 fully saturated rings. The predicted molar refractivity (Wildman–Crippen MR) is 89.0 cm³/mol. The number of phenols is 1. The highest BCUT2D eigenvalue weighted by Gasteiger charge is 2.04. The van der Waals surface area contributed by atoms with Crippen molar-refractivity contribution in [2.75, 3.05) is 7.11 Å². The fourth-order valence-corrected chi connectivity index (χ4v) is 1.87. The Bertz CT molecular complexity index is 700. The van der Waals surface area contributed by atoms with Gasteiger partial charge in [-0.3, -0.25) is 4.79 Å². The molecule has 1 aromatic carbocycles. The molecule has 1 rings (SSSR count). The molecule has 4 heteroatoms. The van der Waals surface area contributed by atoms with E-state index in [1.807, 2.05) is 0 Å². The average molecular weight is 312 g/mol. The summed E-state index contributed by atoms with van der Waals surface area (Å²) in [6.07, 6.45) is 4.01. The molecule has 0 aliphatic heterocycles. The van der Waals surface area contributed by atoms with E-state index < -0.39 is 19.6 Å². The molecule has 4 nitrogen and oxygen atoms in total. The first-order valence-corrected chi connectivity index (χ1v) is 7.12. The summed E-state index contributed by atoms with van der Waals surface area (Å²) >= 11 is 0. The Balaban J connectivity index is 2.41. The third-order valence-electron chi connectivity index (χ3n) is 3.04. The lowest BCUT2D eigenvalue weighted by Crippen LogP contribution is -2.22. The van der Waals surface area contributed by atoms with E-state index in [4.69, 9.17) is 14.3 Å². The molecule has 22 heavy (non-hydrogen) atoms. The number of benzene rings is 1. The van der Waals surface area contributed by atoms with Crippen LogP contribution in [0.1, 0.15) is 54.5 Å². The van der Waals surface area contributed by atoms with E-state index in [1.165, 1.54) is 19.3 Å². The number of amides is 1. The third kappa shape index (κ3) is 7.16. The van der Waals surface area contributed by atoms with Crippen molar-refractivity contribution in [1.82, 2.24) is 5.32 Å². The van der Waals surface area contributed by atoms with Crippen molar-refractivity contribution in [3.8, 4) is 11.5 Å². The molecule has 0 saturated heterocycles. The van der Waals surface area contributed by atoms with Crippen molar-refractivity contribution in [3.63, 3.8) is 0 Å². The molecule has 0 saturated carbocycles. The van der Waals surface area contributed by atoms with Gasteiger partial charge in [-0.25, -0.2) is 0 Å². The van der Waals surface area contributed by atoms with Crippen LogP contribution in [0.15, 0.2) is 30.4 Å². The molecule has 0 spiro atoms. The molecule has 0 aliphatic carbocycles. The molecule has 0 atom stereocenters. The Morgan fingerprint density at radius 1 is 1.50 bits per heavy atom. The molecular formula is C18H27NO3. The summed E-state index contributed by atoms with van der Waals surface area (Å²) < 4.78 is 56.8. The number of carbonyl (C=O) groups is 1. The van der Waals surface area contributed by atoms with Gasteiger partial charge < -0.3 is 15.2 Å². The molecule has 0 heterocycles. The van der Waals surface area contributed by atoms with Gasteiger partial charge in [0.1, 0.15) is 0 Å². The van der Waals surface area contributed by atoms with Crippen molar-refractivity contribution in [2.24, 2.45) is 5.89 Å². The summed E-state index contributed by atoms with van der Waals surface area (Å²) in [5, 5.41) is 12.3. The SMILES string of the molecule is [2H]C([2H])([2H])C([2H])(/C=C/CCCCC(=O)NCc1ccc(O)c(OC)c1)C([2H])([2H])[2H]. The Morgan fingerprint density at radius 3 is 3.05 bits per heavy atom. The predicted octanol–water partition coefficient (Wildman–Crippen LogP) is 3.79. The molecule has 122 valence electrons. The molecule has 0 aliphatic rings. The van der Waals surface area contributed by atoms with Crippen LogP contribution >= 0.6 is 0 Å². The van der Waals surface area contributed by atoms with E-state index in [9.17, 15) is 9.90 Å². The summed E-state index contributed by atoms with van der Waals surface area (Å²) in [5.41, 5.74) is 0.775. The lowest BCUT2D eigenvalue weighted by molar-refractivity contribution is -0.121. The van der Waals surface area contributed by atoms with Crippen molar-refractivity contribution < 1.29 is 24.2 Å². The van der Waals surface area contributed by atoms with Crippen LogP contribution in [0.2, 0.25) is 0 Å². The van der Waals surface area contributed by atoms with E-state index in [0.29, 0.717) is 25.0 Å². The van der Waals surface area contributed by atoms with Crippen molar-refractivity contribution >= 4 is 5.91 Å². The number of unbranched alkanes of at least 4 members (excludes halogenated alkanes) is 2. The van der Waals surface area contributed by atoms with Crippen LogP contribution in [0.5, 0.6) is 11.5 Å². The number of carbonyl (C=O) groups excluding carboxylic acids is 1. The Morgan fingerprint density at radius 2 is 2.32 bits per heavy atom. The highest BCUT2D eigenvalue weighted by atomic mass is 16.5. The van der Waals surface area contributed by atoms with Gasteiger partial charge in [-0.1, -0.05) is 31.9 Å². The minimum atomic E-state index is -2.97. The van der Waals surface area contributed by atoms with Gasteiger partial charge in [-0.15, -0.1) is 0 Å². The standard InChI is InChI=1S/C18H27NO3/c1-14(2)8-6-4-5-7-9-18(21)19-13-15-10-11-16(20)17(12-15)22-3/h6,8,10-12,14,20H,4-5,7,9,13H2,1-3H3,(H,19,21)/b8-6+/i1D3,2D3,14D. The first-order valence-electron chi connectivity index (χ1n) is 10.6. The molecule has 0 aromatic heterocycles. The van der Waals surface area contributed by atoms with Crippen LogP contribution in [0.3, 0.4) is 0 Å². The quantitative estimate of drug-likeness (QED) is 0.539. The zero-order chi connectivity index (χ0) is 22.3. The monoisotopic (exact) mass is 312 g/mol. The van der Waals surface area contributed by atoms with Gasteiger partial charge in [0.2, 0.25) is 5.91 Å². The van der Waals surface area contributed by atoms with Gasteiger partial charge in [0.25, 0.3) is 0 Å². The Labute approximate surface area is 143 Å². The summed E-state index contributed by atoms with van der Waals surface area (Å²) in [5.74, 6) is -2.48. The first kappa shape index (κ1) is 9.93. The molecular weight excluding hydrogens is 278 g/mol. The lowest BCUT2D eigenvalue weighted by atomic mass is 10.1. The number of rotatable bonds is 9. The van der Waals surface area contributed by atoms with Crippen molar-refractivity contribution in [3.05, 3.63) is 35.9 Å². The zero-order valence-corrected chi connectivity index (χ0v) is 12.7. The maximum atomic E-state index is 11.9. The molecule has 2 N–H and O–H groups in total. The zero-order valence-electron chi connectivity index (χ0n) is 19.7. The minimum Gasteiger partial charge on any atom is -0.504 e. The Hall–Kier alpha value is -1.97. The van der Waals surface area contributed by atoms with Crippen LogP contribution in [0, 0.1) is 5.89 Å². The van der Waals surface area contributed by atoms with E-state index in [1.54, 1.807) is 12.1 Å². The molecule has 0 radical (unpaired) electrons. The Kier molecular flexibility index (Phi) is 4.46. The average Bonchev–Trinajstić information content (AvgIpc) is 2.61. The third-order valence-corrected chi connectivity index (χ3v) is 3.04. The summed E-state index contributed by atoms with van der Waals surface area (Å²) in [4.78, 5) is 11.9. The van der Waals surface area contributed by atoms with Crippen LogP contribution in [-0.2, 0) is 11.3 Å². The second kappa shape index (κ2) is 9.87. The molecule has 0 bridgehead atoms. The highest BCUT2D eigenvalue weighted by Crippen LogP contribution is 2.26. The fourth-order valence-electron chi connectivity index (χ4n) is 1.87. The fraction of sp³-hybridized carbons (Fsp3) is 0.500. The molecule has 0 unspecified atom stereocenters. The smallest absolute Gasteiger partial charge is 0.220 e. The van der Waals surface area contributed by atoms with Crippen molar-refractivity contribution in [2.45, 2.75) is 45.9 Å². The topological polar surface area (TPSA) is 58.6 Å². The lowest BCUT2D eigenvalue weighted by Gasteiger charge is -2.08. The summed E-state index contributed by atoms with van der Waals surface area (Å²) in [6, 6.07) is 4.78. The number of aromatic hydroxyl groups is 1. The van der Waals surface area contributed by atoms with Gasteiger partial charge in [0, 0.05) is 22.6 Å². The van der Waals surface area contributed by atoms with E-state index in [2.05, 4.69) is 5.32 Å². The highest BCUT2D eigenvalue weighted by molar-refractivity contribution is 5.75. The second-order valence-electron chi connectivity index (χ2n) is 4.84. The minimum absolute atomic E-state index is 0.0179. The van der Waals surface area contributed by atoms with Gasteiger partial charge in [0.05, 0.1) is 7.11 Å². The summed E-state index contributed by atoms with van der Waals surface area (Å²) in [6.45, 7) is -5.65. The van der Waals surface area contributed by atoms with Gasteiger partial charge in [0.15, 0.2) is 11.5 Å². The van der Waals surface area contributed by atoms with Crippen LogP contribution < -0.4 is 10.1 Å². The first-order chi connectivity index (χ1) is 13.3. The number of allylic oxidation sites excluding steroid dienone is 2. The number of phenolic OH excluding ortho intramolecular Hbond substituents is 1. The van der Waals surface area contributed by atoms with Gasteiger partial charge in [-0.2, -0.15) is 0 Å².